The van der Waals surface area contributed by atoms with Gasteiger partial charge in [-0.2, -0.15) is 0 Å². The van der Waals surface area contributed by atoms with Gasteiger partial charge >= 0.3 is 0 Å². The Morgan fingerprint density at radius 2 is 2.05 bits per heavy atom. The molecule has 1 saturated carbocycles. The SMILES string of the molecule is CCOC1CC(Nc2c(F)ccc(C)c2F)C1(C)CC. The fourth-order valence-corrected chi connectivity index (χ4v) is 2.94. The van der Waals surface area contributed by atoms with E-state index in [1.54, 1.807) is 6.92 Å². The number of ether oxygens (including phenoxy) is 1. The van der Waals surface area contributed by atoms with Crippen LogP contribution in [0.25, 0.3) is 0 Å². The average Bonchev–Trinajstić information content (AvgIpc) is 2.44. The summed E-state index contributed by atoms with van der Waals surface area (Å²) in [7, 11) is 0. The normalized spacial score (nSPS) is 29.1. The molecule has 0 amide bonds. The summed E-state index contributed by atoms with van der Waals surface area (Å²) in [5.41, 5.74) is 0.357. The average molecular weight is 283 g/mol. The molecule has 0 spiro atoms. The number of halogens is 2. The lowest BCUT2D eigenvalue weighted by atomic mass is 9.61. The van der Waals surface area contributed by atoms with Crippen LogP contribution in [0.4, 0.5) is 14.5 Å². The van der Waals surface area contributed by atoms with Gasteiger partial charge in [-0.05, 0) is 38.3 Å². The summed E-state index contributed by atoms with van der Waals surface area (Å²) in [6.45, 7) is 8.47. The van der Waals surface area contributed by atoms with Crippen molar-refractivity contribution in [2.45, 2.75) is 52.7 Å². The smallest absolute Gasteiger partial charge is 0.152 e. The van der Waals surface area contributed by atoms with E-state index in [-0.39, 0.29) is 23.2 Å². The third kappa shape index (κ3) is 2.41. The molecule has 1 N–H and O–H groups in total. The quantitative estimate of drug-likeness (QED) is 0.871. The van der Waals surface area contributed by atoms with Gasteiger partial charge in [-0.3, -0.25) is 0 Å². The zero-order valence-corrected chi connectivity index (χ0v) is 12.6. The van der Waals surface area contributed by atoms with Crippen molar-refractivity contribution in [2.24, 2.45) is 5.41 Å². The van der Waals surface area contributed by atoms with Gasteiger partial charge in [0.05, 0.1) is 6.10 Å². The molecule has 0 heterocycles. The Bertz CT molecular complexity index is 492. The standard InChI is InChI=1S/C16H23F2NO/c1-5-16(4)12(9-13(16)20-6-2)19-15-11(17)8-7-10(3)14(15)18/h7-8,12-13,19H,5-6,9H2,1-4H3. The number of rotatable bonds is 5. The maximum Gasteiger partial charge on any atom is 0.152 e. The first kappa shape index (κ1) is 15.2. The number of aryl methyl sites for hydroxylation is 1. The predicted octanol–water partition coefficient (Wildman–Crippen LogP) is 4.28. The van der Waals surface area contributed by atoms with Crippen LogP contribution in [-0.2, 0) is 4.74 Å². The summed E-state index contributed by atoms with van der Waals surface area (Å²) in [5, 5.41) is 3.06. The highest BCUT2D eigenvalue weighted by atomic mass is 19.1. The van der Waals surface area contributed by atoms with Crippen LogP contribution in [0.1, 0.15) is 39.2 Å². The van der Waals surface area contributed by atoms with Gasteiger partial charge < -0.3 is 10.1 Å². The first-order valence-corrected chi connectivity index (χ1v) is 7.26. The van der Waals surface area contributed by atoms with Crippen LogP contribution in [0.2, 0.25) is 0 Å². The van der Waals surface area contributed by atoms with E-state index in [1.165, 1.54) is 12.1 Å². The van der Waals surface area contributed by atoms with Crippen LogP contribution in [0.15, 0.2) is 12.1 Å². The molecule has 0 aliphatic heterocycles. The maximum absolute atomic E-state index is 14.1. The molecule has 20 heavy (non-hydrogen) atoms. The molecule has 1 aliphatic rings. The second-order valence-corrected chi connectivity index (χ2v) is 5.79. The van der Waals surface area contributed by atoms with Crippen LogP contribution in [-0.4, -0.2) is 18.8 Å². The van der Waals surface area contributed by atoms with E-state index in [2.05, 4.69) is 19.2 Å². The Hall–Kier alpha value is -1.16. The molecule has 0 radical (unpaired) electrons. The van der Waals surface area contributed by atoms with Crippen LogP contribution < -0.4 is 5.32 Å². The number of benzene rings is 1. The molecule has 1 aliphatic carbocycles. The molecule has 0 bridgehead atoms. The van der Waals surface area contributed by atoms with E-state index in [0.29, 0.717) is 12.2 Å². The summed E-state index contributed by atoms with van der Waals surface area (Å²) in [4.78, 5) is 0. The van der Waals surface area contributed by atoms with Crippen LogP contribution in [0.3, 0.4) is 0 Å². The van der Waals surface area contributed by atoms with Crippen molar-refractivity contribution in [1.29, 1.82) is 0 Å². The summed E-state index contributed by atoms with van der Waals surface area (Å²) in [6.07, 6.45) is 1.85. The highest BCUT2D eigenvalue weighted by Crippen LogP contribution is 2.47. The lowest BCUT2D eigenvalue weighted by Crippen LogP contribution is -2.59. The highest BCUT2D eigenvalue weighted by molar-refractivity contribution is 5.50. The minimum Gasteiger partial charge on any atom is -0.378 e. The third-order valence-electron chi connectivity index (χ3n) is 4.71. The first-order valence-electron chi connectivity index (χ1n) is 7.26. The Labute approximate surface area is 119 Å². The molecule has 112 valence electrons. The Kier molecular flexibility index (Phi) is 4.33. The van der Waals surface area contributed by atoms with Gasteiger partial charge in [0.25, 0.3) is 0 Å². The summed E-state index contributed by atoms with van der Waals surface area (Å²) in [5.74, 6) is -1.03. The predicted molar refractivity (Wildman–Crippen MR) is 76.9 cm³/mol. The van der Waals surface area contributed by atoms with E-state index >= 15 is 0 Å². The second kappa shape index (κ2) is 5.68. The number of nitrogens with one attached hydrogen (secondary N) is 1. The van der Waals surface area contributed by atoms with Crippen molar-refractivity contribution in [2.75, 3.05) is 11.9 Å². The second-order valence-electron chi connectivity index (χ2n) is 5.79. The van der Waals surface area contributed by atoms with Gasteiger partial charge in [0.1, 0.15) is 11.5 Å². The molecule has 1 aromatic carbocycles. The Morgan fingerprint density at radius 3 is 2.65 bits per heavy atom. The van der Waals surface area contributed by atoms with Crippen LogP contribution in [0.5, 0.6) is 0 Å². The third-order valence-corrected chi connectivity index (χ3v) is 4.71. The van der Waals surface area contributed by atoms with E-state index in [4.69, 9.17) is 4.74 Å². The topological polar surface area (TPSA) is 21.3 Å². The van der Waals surface area contributed by atoms with Gasteiger partial charge in [-0.1, -0.05) is 19.9 Å². The molecule has 3 unspecified atom stereocenters. The highest BCUT2D eigenvalue weighted by Gasteiger charge is 2.51. The van der Waals surface area contributed by atoms with E-state index in [1.807, 2.05) is 6.92 Å². The molecule has 4 heteroatoms. The molecule has 3 atom stereocenters. The Balaban J connectivity index is 2.18. The fraction of sp³-hybridized carbons (Fsp3) is 0.625. The summed E-state index contributed by atoms with van der Waals surface area (Å²) >= 11 is 0. The minimum atomic E-state index is -0.536. The molecule has 0 saturated heterocycles. The van der Waals surface area contributed by atoms with Gasteiger partial charge in [0.2, 0.25) is 0 Å². The number of hydrogen-bond acceptors (Lipinski definition) is 2. The lowest BCUT2D eigenvalue weighted by Gasteiger charge is -2.53. The van der Waals surface area contributed by atoms with Crippen molar-refractivity contribution in [3.05, 3.63) is 29.3 Å². The zero-order chi connectivity index (χ0) is 14.9. The van der Waals surface area contributed by atoms with Crippen molar-refractivity contribution in [3.63, 3.8) is 0 Å². The lowest BCUT2D eigenvalue weighted by molar-refractivity contribution is -0.109. The largest absolute Gasteiger partial charge is 0.378 e. The molecule has 2 nitrogen and oxygen atoms in total. The zero-order valence-electron chi connectivity index (χ0n) is 12.6. The van der Waals surface area contributed by atoms with Crippen molar-refractivity contribution in [1.82, 2.24) is 0 Å². The number of anilines is 1. The monoisotopic (exact) mass is 283 g/mol. The van der Waals surface area contributed by atoms with Gasteiger partial charge in [0.15, 0.2) is 5.82 Å². The molecular formula is C16H23F2NO. The maximum atomic E-state index is 14.1. The minimum absolute atomic E-state index is 0.00961. The van der Waals surface area contributed by atoms with Gasteiger partial charge in [0, 0.05) is 18.1 Å². The summed E-state index contributed by atoms with van der Waals surface area (Å²) < 4.78 is 33.6. The van der Waals surface area contributed by atoms with Crippen LogP contribution >= 0.6 is 0 Å². The Morgan fingerprint density at radius 1 is 1.35 bits per heavy atom. The molecule has 1 aromatic rings. The fourth-order valence-electron chi connectivity index (χ4n) is 2.94. The van der Waals surface area contributed by atoms with Crippen molar-refractivity contribution >= 4 is 5.69 Å². The van der Waals surface area contributed by atoms with Crippen molar-refractivity contribution < 1.29 is 13.5 Å². The molecule has 0 aromatic heterocycles. The molecule has 1 fully saturated rings. The van der Waals surface area contributed by atoms with E-state index in [9.17, 15) is 8.78 Å². The van der Waals surface area contributed by atoms with Crippen molar-refractivity contribution in [3.8, 4) is 0 Å². The first-order chi connectivity index (χ1) is 9.43. The van der Waals surface area contributed by atoms with E-state index in [0.717, 1.165) is 12.8 Å². The molecule has 2 rings (SSSR count). The van der Waals surface area contributed by atoms with E-state index < -0.39 is 11.6 Å². The number of hydrogen-bond donors (Lipinski definition) is 1. The van der Waals surface area contributed by atoms with Gasteiger partial charge in [-0.15, -0.1) is 0 Å². The summed E-state index contributed by atoms with van der Waals surface area (Å²) in [6, 6.07) is 2.80. The van der Waals surface area contributed by atoms with Crippen LogP contribution in [0, 0.1) is 24.0 Å². The van der Waals surface area contributed by atoms with Gasteiger partial charge in [-0.25, -0.2) is 8.78 Å². The molecular weight excluding hydrogens is 260 g/mol.